The Labute approximate surface area is 78.1 Å². The van der Waals surface area contributed by atoms with E-state index >= 15 is 0 Å². The van der Waals surface area contributed by atoms with E-state index in [-0.39, 0.29) is 11.4 Å². The molecule has 0 aromatic heterocycles. The third-order valence-corrected chi connectivity index (χ3v) is 1.32. The standard InChI is InChI=1S/C7H4N2O5/c8-14-7(10)13-6-3-1-5(2-4-6)9(11)12/h1-4H. The van der Waals surface area contributed by atoms with Gasteiger partial charge in [-0.1, -0.05) is 0 Å². The first kappa shape index (κ1) is 9.93. The quantitative estimate of drug-likeness (QED) is 0.305. The van der Waals surface area contributed by atoms with Crippen molar-refractivity contribution in [3.63, 3.8) is 0 Å². The van der Waals surface area contributed by atoms with Crippen LogP contribution >= 0.6 is 0 Å². The fourth-order valence-electron chi connectivity index (χ4n) is 0.751. The van der Waals surface area contributed by atoms with E-state index in [4.69, 9.17) is 5.90 Å². The van der Waals surface area contributed by atoms with Crippen LogP contribution < -0.4 is 10.6 Å². The molecule has 1 aromatic carbocycles. The Kier molecular flexibility index (Phi) is 2.97. The van der Waals surface area contributed by atoms with Crippen molar-refractivity contribution in [2.75, 3.05) is 0 Å². The maximum Gasteiger partial charge on any atom is 0.536 e. The van der Waals surface area contributed by atoms with Crippen molar-refractivity contribution in [2.45, 2.75) is 0 Å². The maximum atomic E-state index is 10.4. The molecule has 2 radical (unpaired) electrons. The molecule has 0 heterocycles. The summed E-state index contributed by atoms with van der Waals surface area (Å²) in [6.45, 7) is 0. The largest absolute Gasteiger partial charge is 0.536 e. The lowest BCUT2D eigenvalue weighted by Crippen LogP contribution is -2.08. The van der Waals surface area contributed by atoms with Gasteiger partial charge in [0.1, 0.15) is 11.6 Å². The fourth-order valence-corrected chi connectivity index (χ4v) is 0.751. The summed E-state index contributed by atoms with van der Waals surface area (Å²) in [5, 5.41) is 10.2. The van der Waals surface area contributed by atoms with Crippen molar-refractivity contribution in [1.29, 1.82) is 0 Å². The van der Waals surface area contributed by atoms with Crippen molar-refractivity contribution in [3.05, 3.63) is 34.4 Å². The zero-order valence-corrected chi connectivity index (χ0v) is 6.75. The van der Waals surface area contributed by atoms with Gasteiger partial charge in [0.25, 0.3) is 5.69 Å². The van der Waals surface area contributed by atoms with Gasteiger partial charge in [-0.15, -0.1) is 0 Å². The molecule has 14 heavy (non-hydrogen) atoms. The number of nitro benzene ring substituents is 1. The van der Waals surface area contributed by atoms with Gasteiger partial charge in [-0.3, -0.25) is 15.0 Å². The van der Waals surface area contributed by atoms with E-state index in [0.717, 1.165) is 12.1 Å². The Morgan fingerprint density at radius 2 is 1.93 bits per heavy atom. The smallest absolute Gasteiger partial charge is 0.394 e. The fraction of sp³-hybridized carbons (Fsp3) is 0. The summed E-state index contributed by atoms with van der Waals surface area (Å²) in [5.74, 6) is 7.89. The van der Waals surface area contributed by atoms with Crippen LogP contribution in [0.5, 0.6) is 5.75 Å². The van der Waals surface area contributed by atoms with Crippen LogP contribution in [0.25, 0.3) is 0 Å². The molecular weight excluding hydrogens is 192 g/mol. The van der Waals surface area contributed by atoms with Crippen molar-refractivity contribution < 1.29 is 19.3 Å². The summed E-state index contributed by atoms with van der Waals surface area (Å²) in [4.78, 5) is 23.2. The zero-order valence-electron chi connectivity index (χ0n) is 6.75. The van der Waals surface area contributed by atoms with Crippen LogP contribution in [0.4, 0.5) is 10.5 Å². The number of carbonyl (C=O) groups excluding carboxylic acids is 1. The molecule has 7 heteroatoms. The number of nitro groups is 1. The average molecular weight is 196 g/mol. The Morgan fingerprint density at radius 1 is 1.36 bits per heavy atom. The molecule has 0 saturated carbocycles. The number of carbonyl (C=O) groups is 1. The van der Waals surface area contributed by atoms with Crippen molar-refractivity contribution in [1.82, 2.24) is 5.90 Å². The van der Waals surface area contributed by atoms with Gasteiger partial charge in [-0.05, 0) is 12.1 Å². The summed E-state index contributed by atoms with van der Waals surface area (Å²) >= 11 is 0. The first-order valence-corrected chi connectivity index (χ1v) is 3.41. The Bertz CT molecular complexity index is 348. The summed E-state index contributed by atoms with van der Waals surface area (Å²) in [6.07, 6.45) is -1.31. The molecule has 0 bridgehead atoms. The molecule has 7 nitrogen and oxygen atoms in total. The van der Waals surface area contributed by atoms with Crippen LogP contribution in [0.1, 0.15) is 0 Å². The number of hydrogen-bond acceptors (Lipinski definition) is 5. The second kappa shape index (κ2) is 4.19. The van der Waals surface area contributed by atoms with E-state index in [2.05, 4.69) is 9.57 Å². The van der Waals surface area contributed by atoms with Gasteiger partial charge in [0.2, 0.25) is 0 Å². The highest BCUT2D eigenvalue weighted by atomic mass is 16.8. The highest BCUT2D eigenvalue weighted by molar-refractivity contribution is 5.63. The lowest BCUT2D eigenvalue weighted by molar-refractivity contribution is -0.384. The molecule has 1 rings (SSSR count). The van der Waals surface area contributed by atoms with Gasteiger partial charge in [0.15, 0.2) is 0 Å². The molecule has 0 amide bonds. The Balaban J connectivity index is 2.73. The molecule has 0 spiro atoms. The lowest BCUT2D eigenvalue weighted by Gasteiger charge is -1.98. The predicted octanol–water partition coefficient (Wildman–Crippen LogP) is 1.09. The van der Waals surface area contributed by atoms with E-state index in [1.165, 1.54) is 12.1 Å². The molecule has 0 aliphatic rings. The van der Waals surface area contributed by atoms with Gasteiger partial charge >= 0.3 is 6.16 Å². The van der Waals surface area contributed by atoms with Gasteiger partial charge in [-0.2, -0.15) is 0 Å². The van der Waals surface area contributed by atoms with Gasteiger partial charge in [0.05, 0.1) is 4.92 Å². The molecule has 0 N–H and O–H groups in total. The number of hydrogen-bond donors (Lipinski definition) is 0. The predicted molar refractivity (Wildman–Crippen MR) is 42.3 cm³/mol. The van der Waals surface area contributed by atoms with Crippen LogP contribution in [-0.4, -0.2) is 11.1 Å². The number of ether oxygens (including phenoxy) is 1. The van der Waals surface area contributed by atoms with E-state index in [1.54, 1.807) is 0 Å². The minimum absolute atomic E-state index is 0.0367. The number of non-ortho nitro benzene ring substituents is 1. The minimum atomic E-state index is -1.31. The molecule has 0 fully saturated rings. The summed E-state index contributed by atoms with van der Waals surface area (Å²) < 4.78 is 4.36. The molecule has 0 atom stereocenters. The van der Waals surface area contributed by atoms with Crippen LogP contribution in [0.3, 0.4) is 0 Å². The van der Waals surface area contributed by atoms with Crippen LogP contribution in [0.2, 0.25) is 0 Å². The zero-order chi connectivity index (χ0) is 10.6. The topological polar surface area (TPSA) is 101 Å². The third-order valence-electron chi connectivity index (χ3n) is 1.32. The van der Waals surface area contributed by atoms with Crippen molar-refractivity contribution >= 4 is 11.8 Å². The van der Waals surface area contributed by atoms with E-state index in [0.29, 0.717) is 0 Å². The third kappa shape index (κ3) is 2.42. The Hall–Kier alpha value is -2.15. The molecule has 0 aliphatic heterocycles. The maximum absolute atomic E-state index is 10.4. The molecule has 0 aliphatic carbocycles. The van der Waals surface area contributed by atoms with E-state index < -0.39 is 11.1 Å². The van der Waals surface area contributed by atoms with Gasteiger partial charge < -0.3 is 4.74 Å². The SMILES string of the molecule is [N]OC(=O)Oc1ccc([N+](=O)[O-])cc1. The number of rotatable bonds is 2. The second-order valence-electron chi connectivity index (χ2n) is 2.19. The molecular formula is C7H4N2O5. The number of nitrogens with zero attached hydrogens (tertiary/aromatic N) is 2. The molecule has 72 valence electrons. The minimum Gasteiger partial charge on any atom is -0.394 e. The molecule has 1 aromatic rings. The van der Waals surface area contributed by atoms with Crippen LogP contribution in [-0.2, 0) is 4.84 Å². The summed E-state index contributed by atoms with van der Waals surface area (Å²) in [5.41, 5.74) is -0.130. The van der Waals surface area contributed by atoms with Gasteiger partial charge in [0, 0.05) is 12.1 Å². The molecule has 0 saturated heterocycles. The van der Waals surface area contributed by atoms with Gasteiger partial charge in [-0.25, -0.2) is 4.79 Å². The normalized spacial score (nSPS) is 9.21. The van der Waals surface area contributed by atoms with E-state index in [9.17, 15) is 14.9 Å². The van der Waals surface area contributed by atoms with Crippen molar-refractivity contribution in [2.24, 2.45) is 0 Å². The lowest BCUT2D eigenvalue weighted by atomic mass is 10.3. The van der Waals surface area contributed by atoms with E-state index in [1.807, 2.05) is 0 Å². The Morgan fingerprint density at radius 3 is 2.36 bits per heavy atom. The van der Waals surface area contributed by atoms with Crippen molar-refractivity contribution in [3.8, 4) is 5.75 Å². The summed E-state index contributed by atoms with van der Waals surface area (Å²) in [6, 6.07) is 4.71. The van der Waals surface area contributed by atoms with Crippen LogP contribution in [0, 0.1) is 10.1 Å². The average Bonchev–Trinajstić information content (AvgIpc) is 2.18. The monoisotopic (exact) mass is 196 g/mol. The first-order chi connectivity index (χ1) is 6.63. The first-order valence-electron chi connectivity index (χ1n) is 3.41. The highest BCUT2D eigenvalue weighted by Gasteiger charge is 2.08. The van der Waals surface area contributed by atoms with Crippen LogP contribution in [0.15, 0.2) is 24.3 Å². The second-order valence-corrected chi connectivity index (χ2v) is 2.19. The highest BCUT2D eigenvalue weighted by Crippen LogP contribution is 2.17. The molecule has 0 unspecified atom stereocenters. The summed E-state index contributed by atoms with van der Waals surface area (Å²) in [7, 11) is 0. The number of benzene rings is 1.